The van der Waals surface area contributed by atoms with Crippen molar-refractivity contribution in [3.63, 3.8) is 0 Å². The van der Waals surface area contributed by atoms with E-state index in [4.69, 9.17) is 17.0 Å². The number of nitrogens with one attached hydrogen (secondary N) is 1. The SMILES string of the molecule is CC(C)[C@@H]1C(=O)O[C@]2(C)CC(C)(C)NC(=S)N12. The van der Waals surface area contributed by atoms with Crippen LogP contribution in [0.25, 0.3) is 0 Å². The van der Waals surface area contributed by atoms with Gasteiger partial charge in [-0.3, -0.25) is 4.90 Å². The molecule has 0 unspecified atom stereocenters. The molecular formula is C12H20N2O2S. The number of fused-ring (bicyclic) bond motifs is 1. The molecule has 2 fully saturated rings. The van der Waals surface area contributed by atoms with Gasteiger partial charge in [-0.15, -0.1) is 0 Å². The first kappa shape index (κ1) is 12.6. The molecule has 2 rings (SSSR count). The van der Waals surface area contributed by atoms with Crippen LogP contribution in [0.5, 0.6) is 0 Å². The second-order valence-corrected chi connectivity index (χ2v) is 6.53. The van der Waals surface area contributed by atoms with E-state index in [1.165, 1.54) is 0 Å². The predicted octanol–water partition coefficient (Wildman–Crippen LogP) is 1.64. The normalized spacial score (nSPS) is 35.6. The zero-order valence-corrected chi connectivity index (χ0v) is 11.9. The Morgan fingerprint density at radius 2 is 2.06 bits per heavy atom. The van der Waals surface area contributed by atoms with Gasteiger partial charge in [0, 0.05) is 12.0 Å². The average Bonchev–Trinajstić information content (AvgIpc) is 2.32. The lowest BCUT2D eigenvalue weighted by Crippen LogP contribution is -2.66. The van der Waals surface area contributed by atoms with Crippen LogP contribution in [0.2, 0.25) is 0 Å². The third-order valence-corrected chi connectivity index (χ3v) is 3.71. The van der Waals surface area contributed by atoms with Crippen LogP contribution in [0.15, 0.2) is 0 Å². The van der Waals surface area contributed by atoms with E-state index in [-0.39, 0.29) is 23.5 Å². The number of thiocarbonyl (C=S) groups is 1. The van der Waals surface area contributed by atoms with Gasteiger partial charge in [-0.1, -0.05) is 13.8 Å². The van der Waals surface area contributed by atoms with Gasteiger partial charge < -0.3 is 10.1 Å². The van der Waals surface area contributed by atoms with Gasteiger partial charge in [-0.25, -0.2) is 4.79 Å². The Morgan fingerprint density at radius 3 is 2.59 bits per heavy atom. The summed E-state index contributed by atoms with van der Waals surface area (Å²) >= 11 is 5.40. The number of esters is 1. The van der Waals surface area contributed by atoms with Gasteiger partial charge in [0.25, 0.3) is 0 Å². The molecule has 0 aromatic heterocycles. The lowest BCUT2D eigenvalue weighted by atomic mass is 9.89. The first-order valence-corrected chi connectivity index (χ1v) is 6.41. The van der Waals surface area contributed by atoms with Gasteiger partial charge in [-0.05, 0) is 38.9 Å². The summed E-state index contributed by atoms with van der Waals surface area (Å²) in [7, 11) is 0. The van der Waals surface area contributed by atoms with Gasteiger partial charge in [0.2, 0.25) is 0 Å². The van der Waals surface area contributed by atoms with Crippen LogP contribution >= 0.6 is 12.2 Å². The van der Waals surface area contributed by atoms with Crippen molar-refractivity contribution in [3.8, 4) is 0 Å². The topological polar surface area (TPSA) is 41.6 Å². The molecule has 4 nitrogen and oxygen atoms in total. The highest BCUT2D eigenvalue weighted by atomic mass is 32.1. The highest BCUT2D eigenvalue weighted by Gasteiger charge is 2.57. The number of ether oxygens (including phenoxy) is 1. The van der Waals surface area contributed by atoms with Gasteiger partial charge in [-0.2, -0.15) is 0 Å². The number of rotatable bonds is 1. The molecule has 2 aliphatic rings. The molecule has 2 atom stereocenters. The second-order valence-electron chi connectivity index (χ2n) is 6.15. The van der Waals surface area contributed by atoms with Crippen molar-refractivity contribution in [1.82, 2.24) is 10.2 Å². The van der Waals surface area contributed by atoms with Gasteiger partial charge in [0.1, 0.15) is 6.04 Å². The Hall–Kier alpha value is -0.840. The first-order valence-electron chi connectivity index (χ1n) is 6.01. The summed E-state index contributed by atoms with van der Waals surface area (Å²) < 4.78 is 5.59. The van der Waals surface area contributed by atoms with Gasteiger partial charge in [0.05, 0.1) is 0 Å². The summed E-state index contributed by atoms with van der Waals surface area (Å²) in [4.78, 5) is 13.9. The molecule has 5 heteroatoms. The van der Waals surface area contributed by atoms with Crippen molar-refractivity contribution in [2.75, 3.05) is 0 Å². The minimum atomic E-state index is -0.599. The molecule has 1 N–H and O–H groups in total. The van der Waals surface area contributed by atoms with E-state index in [1.54, 1.807) is 0 Å². The average molecular weight is 256 g/mol. The quantitative estimate of drug-likeness (QED) is 0.570. The van der Waals surface area contributed by atoms with E-state index < -0.39 is 5.72 Å². The summed E-state index contributed by atoms with van der Waals surface area (Å²) in [5, 5.41) is 3.90. The van der Waals surface area contributed by atoms with Crippen LogP contribution in [0.3, 0.4) is 0 Å². The van der Waals surface area contributed by atoms with E-state index in [2.05, 4.69) is 19.2 Å². The van der Waals surface area contributed by atoms with Crippen LogP contribution < -0.4 is 5.32 Å². The third kappa shape index (κ3) is 1.90. The maximum Gasteiger partial charge on any atom is 0.331 e. The van der Waals surface area contributed by atoms with Crippen molar-refractivity contribution in [3.05, 3.63) is 0 Å². The highest BCUT2D eigenvalue weighted by molar-refractivity contribution is 7.80. The van der Waals surface area contributed by atoms with Crippen LogP contribution in [0, 0.1) is 5.92 Å². The van der Waals surface area contributed by atoms with Crippen LogP contribution in [0.1, 0.15) is 41.0 Å². The molecule has 0 bridgehead atoms. The first-order chi connectivity index (χ1) is 7.66. The maximum absolute atomic E-state index is 12.0. The second kappa shape index (κ2) is 3.57. The summed E-state index contributed by atoms with van der Waals surface area (Å²) in [5.41, 5.74) is -0.744. The highest BCUT2D eigenvalue weighted by Crippen LogP contribution is 2.40. The monoisotopic (exact) mass is 256 g/mol. The fraction of sp³-hybridized carbons (Fsp3) is 0.833. The third-order valence-electron chi connectivity index (χ3n) is 3.42. The lowest BCUT2D eigenvalue weighted by molar-refractivity contribution is -0.153. The van der Waals surface area contributed by atoms with E-state index >= 15 is 0 Å². The number of hydrogen-bond acceptors (Lipinski definition) is 3. The number of hydrogen-bond donors (Lipinski definition) is 1. The summed E-state index contributed by atoms with van der Waals surface area (Å²) in [5.74, 6) is 0.0228. The molecule has 0 amide bonds. The zero-order valence-electron chi connectivity index (χ0n) is 11.0. The predicted molar refractivity (Wildman–Crippen MR) is 69.4 cm³/mol. The summed E-state index contributed by atoms with van der Waals surface area (Å²) in [6.07, 6.45) is 0.731. The maximum atomic E-state index is 12.0. The fourth-order valence-corrected chi connectivity index (χ4v) is 3.56. The van der Waals surface area contributed by atoms with Gasteiger partial charge in [0.15, 0.2) is 10.8 Å². The van der Waals surface area contributed by atoms with Crippen molar-refractivity contribution < 1.29 is 9.53 Å². The Bertz CT molecular complexity index is 381. The molecule has 0 spiro atoms. The summed E-state index contributed by atoms with van der Waals surface area (Å²) in [6.45, 7) is 10.1. The number of carbonyl (C=O) groups excluding carboxylic acids is 1. The number of nitrogens with zero attached hydrogens (tertiary/aromatic N) is 1. The minimum absolute atomic E-state index is 0.144. The van der Waals surface area contributed by atoms with E-state index in [0.717, 1.165) is 6.42 Å². The lowest BCUT2D eigenvalue weighted by Gasteiger charge is -2.48. The van der Waals surface area contributed by atoms with Crippen molar-refractivity contribution in [2.45, 2.75) is 58.3 Å². The molecule has 2 heterocycles. The Morgan fingerprint density at radius 1 is 1.47 bits per heavy atom. The van der Waals surface area contributed by atoms with Crippen LogP contribution in [0.4, 0.5) is 0 Å². The van der Waals surface area contributed by atoms with Gasteiger partial charge >= 0.3 is 5.97 Å². The molecule has 96 valence electrons. The standard InChI is InChI=1S/C12H20N2O2S/c1-7(2)8-9(15)16-12(5)6-11(3,4)13-10(17)14(8)12/h7-8H,6H2,1-5H3,(H,13,17)/t8-,12-/m1/s1. The minimum Gasteiger partial charge on any atom is -0.437 e. The van der Waals surface area contributed by atoms with Crippen molar-refractivity contribution in [1.29, 1.82) is 0 Å². The van der Waals surface area contributed by atoms with E-state index in [1.807, 2.05) is 25.7 Å². The molecule has 0 aromatic carbocycles. The smallest absolute Gasteiger partial charge is 0.331 e. The number of carbonyl (C=O) groups is 1. The summed E-state index contributed by atoms with van der Waals surface area (Å²) in [6, 6.07) is -0.268. The Labute approximate surface area is 108 Å². The van der Waals surface area contributed by atoms with Crippen molar-refractivity contribution >= 4 is 23.3 Å². The molecule has 0 saturated carbocycles. The van der Waals surface area contributed by atoms with Crippen LogP contribution in [-0.2, 0) is 9.53 Å². The zero-order chi connectivity index (χ0) is 13.0. The molecule has 0 aromatic rings. The molecule has 0 radical (unpaired) electrons. The largest absolute Gasteiger partial charge is 0.437 e. The molecule has 17 heavy (non-hydrogen) atoms. The Balaban J connectivity index is 2.39. The fourth-order valence-electron chi connectivity index (χ4n) is 2.97. The Kier molecular flexibility index (Phi) is 2.65. The molecular weight excluding hydrogens is 236 g/mol. The molecule has 2 aliphatic heterocycles. The van der Waals surface area contributed by atoms with E-state index in [9.17, 15) is 4.79 Å². The van der Waals surface area contributed by atoms with E-state index in [0.29, 0.717) is 5.11 Å². The molecule has 0 aliphatic carbocycles. The van der Waals surface area contributed by atoms with Crippen molar-refractivity contribution in [2.24, 2.45) is 5.92 Å². The van der Waals surface area contributed by atoms with Crippen LogP contribution in [-0.4, -0.2) is 33.3 Å². The molecule has 2 saturated heterocycles.